The van der Waals surface area contributed by atoms with Crippen LogP contribution in [0.25, 0.3) is 0 Å². The van der Waals surface area contributed by atoms with Crippen LogP contribution >= 0.6 is 0 Å². The molecule has 0 saturated carbocycles. The van der Waals surface area contributed by atoms with E-state index in [4.69, 9.17) is 10.2 Å². The fraction of sp³-hybridized carbons (Fsp3) is 0.357. The topological polar surface area (TPSA) is 104 Å². The Hall–Kier alpha value is -2.37. The summed E-state index contributed by atoms with van der Waals surface area (Å²) in [6.45, 7) is 1.77. The zero-order valence-electron chi connectivity index (χ0n) is 11.1. The first-order valence-corrected chi connectivity index (χ1v) is 6.30. The number of carboxylic acid groups (broad SMARTS) is 2. The highest BCUT2D eigenvalue weighted by Gasteiger charge is 2.16. The summed E-state index contributed by atoms with van der Waals surface area (Å²) in [5.74, 6) is -2.73. The molecule has 0 aliphatic rings. The highest BCUT2D eigenvalue weighted by molar-refractivity contribution is 5.92. The lowest BCUT2D eigenvalue weighted by atomic mass is 10.0. The Morgan fingerprint density at radius 3 is 2.20 bits per heavy atom. The third kappa shape index (κ3) is 4.72. The molecule has 6 nitrogen and oxygen atoms in total. The van der Waals surface area contributed by atoms with Gasteiger partial charge >= 0.3 is 11.9 Å². The van der Waals surface area contributed by atoms with Crippen molar-refractivity contribution < 1.29 is 24.6 Å². The highest BCUT2D eigenvalue weighted by Crippen LogP contribution is 2.14. The van der Waals surface area contributed by atoms with E-state index in [1.54, 1.807) is 6.92 Å². The van der Waals surface area contributed by atoms with E-state index >= 15 is 0 Å². The molecule has 1 amide bonds. The molecule has 0 bridgehead atoms. The molecule has 3 N–H and O–H groups in total. The maximum Gasteiger partial charge on any atom is 0.335 e. The van der Waals surface area contributed by atoms with Crippen molar-refractivity contribution in [2.45, 2.75) is 26.2 Å². The number of rotatable bonds is 7. The average Bonchev–Trinajstić information content (AvgIpc) is 2.39. The van der Waals surface area contributed by atoms with Crippen molar-refractivity contribution in [3.05, 3.63) is 29.8 Å². The van der Waals surface area contributed by atoms with Gasteiger partial charge in [0.05, 0.1) is 11.5 Å². The van der Waals surface area contributed by atoms with Gasteiger partial charge in [0, 0.05) is 12.1 Å². The van der Waals surface area contributed by atoms with E-state index in [2.05, 4.69) is 5.32 Å². The summed E-state index contributed by atoms with van der Waals surface area (Å²) in [5.41, 5.74) is 0.628. The summed E-state index contributed by atoms with van der Waals surface area (Å²) in [5, 5.41) is 20.2. The maximum atomic E-state index is 11.7. The molecule has 0 saturated heterocycles. The van der Waals surface area contributed by atoms with Gasteiger partial charge in [0.1, 0.15) is 0 Å². The van der Waals surface area contributed by atoms with Crippen LogP contribution in [-0.4, -0.2) is 28.1 Å². The lowest BCUT2D eigenvalue weighted by molar-refractivity contribution is -0.142. The predicted molar refractivity (Wildman–Crippen MR) is 72.7 cm³/mol. The zero-order chi connectivity index (χ0) is 15.1. The molecule has 1 aromatic rings. The molecule has 0 aromatic heterocycles. The standard InChI is InChI=1S/C14H17NO5/c1-2-9(13(17)18)5-8-12(16)15-11-6-3-10(4-7-11)14(19)20/h3-4,6-7,9H,2,5,8H2,1H3,(H,15,16)(H,17,18)(H,19,20)/t9-/m1/s1. The number of benzene rings is 1. The second kappa shape index (κ2) is 7.28. The zero-order valence-corrected chi connectivity index (χ0v) is 11.1. The molecule has 0 unspecified atom stereocenters. The summed E-state index contributed by atoms with van der Waals surface area (Å²) in [6.07, 6.45) is 0.881. The van der Waals surface area contributed by atoms with Gasteiger partial charge in [-0.3, -0.25) is 9.59 Å². The van der Waals surface area contributed by atoms with Crippen LogP contribution in [0.3, 0.4) is 0 Å². The van der Waals surface area contributed by atoms with Crippen LogP contribution in [-0.2, 0) is 9.59 Å². The smallest absolute Gasteiger partial charge is 0.335 e. The number of anilines is 1. The Labute approximate surface area is 116 Å². The van der Waals surface area contributed by atoms with Crippen molar-refractivity contribution in [2.75, 3.05) is 5.32 Å². The Bertz CT molecular complexity index is 495. The molecule has 0 spiro atoms. The van der Waals surface area contributed by atoms with E-state index in [1.807, 2.05) is 0 Å². The van der Waals surface area contributed by atoms with Crippen LogP contribution in [0.5, 0.6) is 0 Å². The second-order valence-corrected chi connectivity index (χ2v) is 4.41. The summed E-state index contributed by atoms with van der Waals surface area (Å²) in [7, 11) is 0. The van der Waals surface area contributed by atoms with Gasteiger partial charge in [-0.2, -0.15) is 0 Å². The third-order valence-corrected chi connectivity index (χ3v) is 2.98. The SMILES string of the molecule is CC[C@H](CCC(=O)Nc1ccc(C(=O)O)cc1)C(=O)O. The minimum absolute atomic E-state index is 0.117. The van der Waals surface area contributed by atoms with Crippen molar-refractivity contribution in [2.24, 2.45) is 5.92 Å². The van der Waals surface area contributed by atoms with Gasteiger partial charge in [0.15, 0.2) is 0 Å². The van der Waals surface area contributed by atoms with Crippen LogP contribution in [0.1, 0.15) is 36.5 Å². The van der Waals surface area contributed by atoms with Crippen molar-refractivity contribution in [3.63, 3.8) is 0 Å². The fourth-order valence-corrected chi connectivity index (χ4v) is 1.73. The molecule has 108 valence electrons. The van der Waals surface area contributed by atoms with Crippen LogP contribution in [0.4, 0.5) is 5.69 Å². The lowest BCUT2D eigenvalue weighted by Gasteiger charge is -2.09. The van der Waals surface area contributed by atoms with E-state index in [-0.39, 0.29) is 24.3 Å². The molecule has 1 aromatic carbocycles. The first-order valence-electron chi connectivity index (χ1n) is 6.30. The molecule has 1 atom stereocenters. The Morgan fingerprint density at radius 2 is 1.75 bits per heavy atom. The summed E-state index contributed by atoms with van der Waals surface area (Å²) in [6, 6.07) is 5.78. The molecule has 0 aliphatic carbocycles. The highest BCUT2D eigenvalue weighted by atomic mass is 16.4. The van der Waals surface area contributed by atoms with E-state index in [0.717, 1.165) is 0 Å². The van der Waals surface area contributed by atoms with Crippen LogP contribution < -0.4 is 5.32 Å². The van der Waals surface area contributed by atoms with Crippen molar-refractivity contribution in [1.29, 1.82) is 0 Å². The normalized spacial score (nSPS) is 11.7. The molecule has 20 heavy (non-hydrogen) atoms. The van der Waals surface area contributed by atoms with Gasteiger partial charge in [-0.1, -0.05) is 6.92 Å². The summed E-state index contributed by atoms with van der Waals surface area (Å²) >= 11 is 0. The lowest BCUT2D eigenvalue weighted by Crippen LogP contribution is -2.17. The number of hydrogen-bond donors (Lipinski definition) is 3. The number of amides is 1. The number of aromatic carboxylic acids is 1. The van der Waals surface area contributed by atoms with Crippen LogP contribution in [0.2, 0.25) is 0 Å². The monoisotopic (exact) mass is 279 g/mol. The van der Waals surface area contributed by atoms with Crippen LogP contribution in [0.15, 0.2) is 24.3 Å². The summed E-state index contributed by atoms with van der Waals surface area (Å²) in [4.78, 5) is 33.1. The number of carboxylic acids is 2. The largest absolute Gasteiger partial charge is 0.481 e. The van der Waals surface area contributed by atoms with Gasteiger partial charge in [-0.15, -0.1) is 0 Å². The minimum Gasteiger partial charge on any atom is -0.481 e. The van der Waals surface area contributed by atoms with Gasteiger partial charge in [-0.05, 0) is 37.1 Å². The fourth-order valence-electron chi connectivity index (χ4n) is 1.73. The number of hydrogen-bond acceptors (Lipinski definition) is 3. The molecule has 1 rings (SSSR count). The third-order valence-electron chi connectivity index (χ3n) is 2.98. The quantitative estimate of drug-likeness (QED) is 0.710. The van der Waals surface area contributed by atoms with Crippen molar-refractivity contribution in [1.82, 2.24) is 0 Å². The number of carbonyl (C=O) groups excluding carboxylic acids is 1. The van der Waals surface area contributed by atoms with Crippen molar-refractivity contribution >= 4 is 23.5 Å². The Kier molecular flexibility index (Phi) is 5.71. The minimum atomic E-state index is -1.03. The molecule has 6 heteroatoms. The van der Waals surface area contributed by atoms with E-state index in [0.29, 0.717) is 12.1 Å². The second-order valence-electron chi connectivity index (χ2n) is 4.41. The Morgan fingerprint density at radius 1 is 1.15 bits per heavy atom. The van der Waals surface area contributed by atoms with Gasteiger partial charge < -0.3 is 15.5 Å². The van der Waals surface area contributed by atoms with Gasteiger partial charge in [0.2, 0.25) is 5.91 Å². The van der Waals surface area contributed by atoms with Gasteiger partial charge in [0.25, 0.3) is 0 Å². The molecule has 0 heterocycles. The Balaban J connectivity index is 2.50. The number of nitrogens with one attached hydrogen (secondary N) is 1. The first kappa shape index (κ1) is 15.7. The molecule has 0 aliphatic heterocycles. The molecule has 0 radical (unpaired) electrons. The average molecular weight is 279 g/mol. The van der Waals surface area contributed by atoms with E-state index in [9.17, 15) is 14.4 Å². The van der Waals surface area contributed by atoms with E-state index in [1.165, 1.54) is 24.3 Å². The number of carbonyl (C=O) groups is 3. The molecular weight excluding hydrogens is 262 g/mol. The number of aliphatic carboxylic acids is 1. The maximum absolute atomic E-state index is 11.7. The molecular formula is C14H17NO5. The van der Waals surface area contributed by atoms with Crippen LogP contribution in [0, 0.1) is 5.92 Å². The van der Waals surface area contributed by atoms with Gasteiger partial charge in [-0.25, -0.2) is 4.79 Å². The molecule has 0 fully saturated rings. The van der Waals surface area contributed by atoms with Crippen molar-refractivity contribution in [3.8, 4) is 0 Å². The van der Waals surface area contributed by atoms with E-state index < -0.39 is 17.9 Å². The first-order chi connectivity index (χ1) is 9.43. The predicted octanol–water partition coefficient (Wildman–Crippen LogP) is 2.21. The summed E-state index contributed by atoms with van der Waals surface area (Å²) < 4.78 is 0.